The topological polar surface area (TPSA) is 80.3 Å². The third-order valence-corrected chi connectivity index (χ3v) is 5.94. The summed E-state index contributed by atoms with van der Waals surface area (Å²) in [6.07, 6.45) is 0.969. The van der Waals surface area contributed by atoms with Gasteiger partial charge in [-0.3, -0.25) is 9.59 Å². The minimum absolute atomic E-state index is 0.0533. The monoisotopic (exact) mass is 429 g/mol. The molecule has 0 radical (unpaired) electrons. The fourth-order valence-corrected chi connectivity index (χ4v) is 4.41. The van der Waals surface area contributed by atoms with E-state index in [4.69, 9.17) is 4.74 Å². The first-order chi connectivity index (χ1) is 14.0. The van der Waals surface area contributed by atoms with Crippen LogP contribution >= 0.6 is 22.7 Å². The highest BCUT2D eigenvalue weighted by atomic mass is 32.1. The Labute approximate surface area is 178 Å². The molecule has 0 spiro atoms. The second-order valence-corrected chi connectivity index (χ2v) is 8.33. The molecule has 0 aliphatic heterocycles. The van der Waals surface area contributed by atoms with Gasteiger partial charge in [-0.15, -0.1) is 22.7 Å². The molecule has 29 heavy (non-hydrogen) atoms. The number of nitrogens with zero attached hydrogens (tertiary/aromatic N) is 1. The van der Waals surface area contributed by atoms with Crippen molar-refractivity contribution in [2.24, 2.45) is 0 Å². The fraction of sp³-hybridized carbons (Fsp3) is 0.286. The number of thiophene rings is 1. The third-order valence-electron chi connectivity index (χ3n) is 4.07. The molecule has 0 atom stereocenters. The number of thiazole rings is 1. The van der Waals surface area contributed by atoms with E-state index in [0.29, 0.717) is 31.1 Å². The number of amides is 2. The van der Waals surface area contributed by atoms with Crippen molar-refractivity contribution in [1.82, 2.24) is 10.3 Å². The van der Waals surface area contributed by atoms with Crippen LogP contribution in [0.2, 0.25) is 0 Å². The van der Waals surface area contributed by atoms with E-state index in [0.717, 1.165) is 26.8 Å². The number of hydrogen-bond donors (Lipinski definition) is 2. The Morgan fingerprint density at radius 2 is 2.00 bits per heavy atom. The third kappa shape index (κ3) is 6.13. The van der Waals surface area contributed by atoms with Crippen molar-refractivity contribution < 1.29 is 14.3 Å². The van der Waals surface area contributed by atoms with Crippen molar-refractivity contribution in [3.8, 4) is 16.3 Å². The van der Waals surface area contributed by atoms with Gasteiger partial charge in [0.15, 0.2) is 5.13 Å². The first kappa shape index (κ1) is 21.0. The molecule has 0 bridgehead atoms. The van der Waals surface area contributed by atoms with Crippen LogP contribution in [0.15, 0.2) is 41.8 Å². The minimum atomic E-state index is -0.0743. The van der Waals surface area contributed by atoms with E-state index < -0.39 is 0 Å². The summed E-state index contributed by atoms with van der Waals surface area (Å²) in [5.41, 5.74) is 1.85. The lowest BCUT2D eigenvalue weighted by Crippen LogP contribution is -2.17. The highest BCUT2D eigenvalue weighted by molar-refractivity contribution is 7.17. The maximum absolute atomic E-state index is 12.3. The summed E-state index contributed by atoms with van der Waals surface area (Å²) in [5, 5.41) is 8.17. The van der Waals surface area contributed by atoms with Crippen molar-refractivity contribution >= 4 is 39.6 Å². The molecule has 0 aliphatic carbocycles. The molecule has 1 aromatic carbocycles. The smallest absolute Gasteiger partial charge is 0.226 e. The van der Waals surface area contributed by atoms with Crippen molar-refractivity contribution in [3.05, 3.63) is 52.2 Å². The molecule has 2 amide bonds. The number of aromatic nitrogens is 1. The molecular weight excluding hydrogens is 406 g/mol. The van der Waals surface area contributed by atoms with Gasteiger partial charge in [-0.25, -0.2) is 4.98 Å². The van der Waals surface area contributed by atoms with Gasteiger partial charge in [-0.2, -0.15) is 0 Å². The van der Waals surface area contributed by atoms with Gasteiger partial charge in [0.2, 0.25) is 11.8 Å². The molecule has 2 aromatic heterocycles. The Balaban J connectivity index is 1.55. The van der Waals surface area contributed by atoms with Crippen LogP contribution in [0.4, 0.5) is 5.13 Å². The van der Waals surface area contributed by atoms with Crippen molar-refractivity contribution in [2.75, 3.05) is 11.9 Å². The summed E-state index contributed by atoms with van der Waals surface area (Å²) in [6, 6.07) is 11.7. The van der Waals surface area contributed by atoms with Crippen LogP contribution in [0.25, 0.3) is 10.6 Å². The summed E-state index contributed by atoms with van der Waals surface area (Å²) >= 11 is 2.98. The Kier molecular flexibility index (Phi) is 7.37. The molecule has 6 nitrogen and oxygen atoms in total. The molecule has 2 heterocycles. The summed E-state index contributed by atoms with van der Waals surface area (Å²) in [4.78, 5) is 29.9. The zero-order chi connectivity index (χ0) is 20.6. The van der Waals surface area contributed by atoms with Crippen LogP contribution in [0.5, 0.6) is 5.75 Å². The number of hydrogen-bond acceptors (Lipinski definition) is 6. The van der Waals surface area contributed by atoms with E-state index in [2.05, 4.69) is 15.6 Å². The van der Waals surface area contributed by atoms with Gasteiger partial charge in [0.1, 0.15) is 5.75 Å². The normalized spacial score (nSPS) is 10.6. The molecular formula is C21H23N3O3S2. The van der Waals surface area contributed by atoms with Crippen LogP contribution in [0.1, 0.15) is 30.7 Å². The zero-order valence-corrected chi connectivity index (χ0v) is 18.0. The molecule has 3 aromatic rings. The first-order valence-electron chi connectivity index (χ1n) is 9.34. The van der Waals surface area contributed by atoms with Crippen LogP contribution < -0.4 is 15.4 Å². The van der Waals surface area contributed by atoms with Gasteiger partial charge in [-0.1, -0.05) is 18.2 Å². The largest absolute Gasteiger partial charge is 0.494 e. The average Bonchev–Trinajstić information content (AvgIpc) is 3.35. The molecule has 8 heteroatoms. The van der Waals surface area contributed by atoms with Crippen molar-refractivity contribution in [1.29, 1.82) is 0 Å². The average molecular weight is 430 g/mol. The predicted molar refractivity (Wildman–Crippen MR) is 118 cm³/mol. The number of carbonyl (C=O) groups is 2. The number of para-hydroxylation sites is 1. The van der Waals surface area contributed by atoms with Crippen LogP contribution in [-0.4, -0.2) is 23.4 Å². The lowest BCUT2D eigenvalue weighted by atomic mass is 10.1. The van der Waals surface area contributed by atoms with Crippen molar-refractivity contribution in [3.63, 3.8) is 0 Å². The molecule has 0 aliphatic rings. The standard InChI is InChI=1S/C21H23N3O3S2/c1-3-27-18-7-5-4-6-15(18)8-11-20(26)24-21-23-17(13-28-21)19-10-9-16(29-19)12-22-14(2)25/h4-7,9-10,13H,3,8,11-12H2,1-2H3,(H,22,25)(H,23,24,26). The number of ether oxygens (including phenoxy) is 1. The summed E-state index contributed by atoms with van der Waals surface area (Å²) < 4.78 is 5.61. The number of nitrogens with one attached hydrogen (secondary N) is 2. The van der Waals surface area contributed by atoms with E-state index >= 15 is 0 Å². The Bertz CT molecular complexity index is 981. The van der Waals surface area contributed by atoms with Gasteiger partial charge in [0.25, 0.3) is 0 Å². The van der Waals surface area contributed by atoms with Gasteiger partial charge < -0.3 is 15.4 Å². The predicted octanol–water partition coefficient (Wildman–Crippen LogP) is 4.48. The summed E-state index contributed by atoms with van der Waals surface area (Å²) in [7, 11) is 0. The number of aryl methyl sites for hydroxylation is 1. The summed E-state index contributed by atoms with van der Waals surface area (Å²) in [5.74, 6) is 0.698. The SMILES string of the molecule is CCOc1ccccc1CCC(=O)Nc1nc(-c2ccc(CNC(C)=O)s2)cs1. The maximum atomic E-state index is 12.3. The molecule has 152 valence electrons. The molecule has 0 unspecified atom stereocenters. The zero-order valence-electron chi connectivity index (χ0n) is 16.4. The van der Waals surface area contributed by atoms with Crippen molar-refractivity contribution in [2.45, 2.75) is 33.2 Å². The Morgan fingerprint density at radius 1 is 1.17 bits per heavy atom. The van der Waals surface area contributed by atoms with E-state index in [1.165, 1.54) is 18.3 Å². The highest BCUT2D eigenvalue weighted by Gasteiger charge is 2.11. The maximum Gasteiger partial charge on any atom is 0.226 e. The lowest BCUT2D eigenvalue weighted by molar-refractivity contribution is -0.119. The van der Waals surface area contributed by atoms with E-state index in [-0.39, 0.29) is 11.8 Å². The van der Waals surface area contributed by atoms with E-state index in [9.17, 15) is 9.59 Å². The number of rotatable bonds is 9. The van der Waals surface area contributed by atoms with Gasteiger partial charge in [-0.05, 0) is 37.1 Å². The fourth-order valence-electron chi connectivity index (χ4n) is 2.70. The van der Waals surface area contributed by atoms with Crippen LogP contribution in [-0.2, 0) is 22.6 Å². The Hall–Kier alpha value is -2.71. The molecule has 3 rings (SSSR count). The molecule has 0 saturated carbocycles. The summed E-state index contributed by atoms with van der Waals surface area (Å²) in [6.45, 7) is 4.55. The first-order valence-corrected chi connectivity index (χ1v) is 11.0. The van der Waals surface area contributed by atoms with Gasteiger partial charge in [0.05, 0.1) is 23.7 Å². The van der Waals surface area contributed by atoms with Crippen LogP contribution in [0, 0.1) is 0 Å². The number of benzene rings is 1. The van der Waals surface area contributed by atoms with E-state index in [1.54, 1.807) is 11.3 Å². The highest BCUT2D eigenvalue weighted by Crippen LogP contribution is 2.31. The van der Waals surface area contributed by atoms with E-state index in [1.807, 2.05) is 48.7 Å². The quantitative estimate of drug-likeness (QED) is 0.526. The van der Waals surface area contributed by atoms with Crippen LogP contribution in [0.3, 0.4) is 0 Å². The second-order valence-electron chi connectivity index (χ2n) is 6.30. The lowest BCUT2D eigenvalue weighted by Gasteiger charge is -2.09. The molecule has 0 saturated heterocycles. The van der Waals surface area contributed by atoms with Gasteiger partial charge in [0, 0.05) is 23.6 Å². The Morgan fingerprint density at radius 3 is 2.79 bits per heavy atom. The second kappa shape index (κ2) is 10.2. The number of carbonyl (C=O) groups excluding carboxylic acids is 2. The number of anilines is 1. The molecule has 2 N–H and O–H groups in total. The van der Waals surface area contributed by atoms with Gasteiger partial charge >= 0.3 is 0 Å². The molecule has 0 fully saturated rings. The minimum Gasteiger partial charge on any atom is -0.494 e.